The highest BCUT2D eigenvalue weighted by atomic mass is 32.2. The van der Waals surface area contributed by atoms with Crippen molar-refractivity contribution in [1.29, 1.82) is 0 Å². The Balaban J connectivity index is 1.07. The average Bonchev–Trinajstić information content (AvgIpc) is 3.42. The summed E-state index contributed by atoms with van der Waals surface area (Å²) in [6, 6.07) is 10.1. The van der Waals surface area contributed by atoms with E-state index in [1.807, 2.05) is 24.7 Å². The smallest absolute Gasteiger partial charge is 0.227 e. The predicted molar refractivity (Wildman–Crippen MR) is 145 cm³/mol. The molecule has 0 saturated carbocycles. The molecule has 0 bridgehead atoms. The molecule has 200 valence electrons. The molecule has 2 fully saturated rings. The van der Waals surface area contributed by atoms with Gasteiger partial charge in [0.25, 0.3) is 0 Å². The third-order valence-electron chi connectivity index (χ3n) is 7.87. The minimum absolute atomic E-state index is 0.0499. The van der Waals surface area contributed by atoms with E-state index in [1.54, 1.807) is 16.4 Å². The van der Waals surface area contributed by atoms with E-state index in [-0.39, 0.29) is 17.6 Å². The van der Waals surface area contributed by atoms with E-state index in [0.717, 1.165) is 60.7 Å². The fourth-order valence-electron chi connectivity index (χ4n) is 5.87. The summed E-state index contributed by atoms with van der Waals surface area (Å²) in [5.74, 6) is 0.816. The molecule has 0 spiro atoms. The van der Waals surface area contributed by atoms with Crippen molar-refractivity contribution in [2.24, 2.45) is 5.92 Å². The van der Waals surface area contributed by atoms with E-state index in [4.69, 9.17) is 4.74 Å². The Hall–Kier alpha value is -3.08. The maximum Gasteiger partial charge on any atom is 0.227 e. The maximum absolute atomic E-state index is 13.3. The van der Waals surface area contributed by atoms with Crippen LogP contribution in [0.3, 0.4) is 0 Å². The van der Waals surface area contributed by atoms with Crippen LogP contribution in [-0.2, 0) is 10.0 Å². The van der Waals surface area contributed by atoms with E-state index < -0.39 is 10.0 Å². The average molecular weight is 538 g/mol. The SMILES string of the molecule is O=S(=O)(CN1CCC(c2ccnc3cnc4[nH]ccc4c23)CC1)N1CCCC(COc2ccc(F)cc2)C1. The highest BCUT2D eigenvalue weighted by molar-refractivity contribution is 7.89. The Morgan fingerprint density at radius 3 is 2.66 bits per heavy atom. The lowest BCUT2D eigenvalue weighted by molar-refractivity contribution is 0.176. The molecular weight excluding hydrogens is 505 g/mol. The zero-order valence-corrected chi connectivity index (χ0v) is 22.0. The molecule has 1 N–H and O–H groups in total. The Bertz CT molecular complexity index is 1520. The van der Waals surface area contributed by atoms with Crippen molar-refractivity contribution in [2.45, 2.75) is 31.6 Å². The number of pyridine rings is 2. The van der Waals surface area contributed by atoms with Gasteiger partial charge in [-0.15, -0.1) is 0 Å². The number of nitrogens with zero attached hydrogens (tertiary/aromatic N) is 4. The Labute approximate surface area is 221 Å². The predicted octanol–water partition coefficient (Wildman–Crippen LogP) is 4.51. The van der Waals surface area contributed by atoms with E-state index in [2.05, 4.69) is 25.9 Å². The first-order valence-corrected chi connectivity index (χ1v) is 14.9. The van der Waals surface area contributed by atoms with Crippen LogP contribution in [0, 0.1) is 11.7 Å². The molecule has 8 nitrogen and oxygen atoms in total. The van der Waals surface area contributed by atoms with E-state index in [1.165, 1.54) is 17.7 Å². The number of rotatable bonds is 7. The lowest BCUT2D eigenvalue weighted by atomic mass is 9.87. The summed E-state index contributed by atoms with van der Waals surface area (Å²) in [5, 5.41) is 2.23. The number of ether oxygens (including phenoxy) is 1. The van der Waals surface area contributed by atoms with Gasteiger partial charge in [-0.3, -0.25) is 9.88 Å². The Kier molecular flexibility index (Phi) is 7.03. The van der Waals surface area contributed by atoms with Crippen LogP contribution in [0.4, 0.5) is 4.39 Å². The largest absolute Gasteiger partial charge is 0.493 e. The number of likely N-dealkylation sites (tertiary alicyclic amines) is 1. The van der Waals surface area contributed by atoms with Gasteiger partial charge >= 0.3 is 0 Å². The minimum Gasteiger partial charge on any atom is -0.493 e. The monoisotopic (exact) mass is 537 g/mol. The molecule has 4 aromatic rings. The molecule has 6 rings (SSSR count). The Morgan fingerprint density at radius 1 is 1.03 bits per heavy atom. The van der Waals surface area contributed by atoms with Gasteiger partial charge in [0.15, 0.2) is 0 Å². The number of hydrogen-bond acceptors (Lipinski definition) is 6. The van der Waals surface area contributed by atoms with Crippen LogP contribution in [0.15, 0.2) is 55.0 Å². The number of nitrogens with one attached hydrogen (secondary N) is 1. The summed E-state index contributed by atoms with van der Waals surface area (Å²) >= 11 is 0. The van der Waals surface area contributed by atoms with Gasteiger partial charge < -0.3 is 9.72 Å². The molecule has 1 unspecified atom stereocenters. The first-order chi connectivity index (χ1) is 18.5. The lowest BCUT2D eigenvalue weighted by Crippen LogP contribution is -2.47. The highest BCUT2D eigenvalue weighted by Crippen LogP contribution is 2.35. The van der Waals surface area contributed by atoms with Crippen LogP contribution in [0.2, 0.25) is 0 Å². The van der Waals surface area contributed by atoms with Crippen LogP contribution in [0.5, 0.6) is 5.75 Å². The maximum atomic E-state index is 13.3. The lowest BCUT2D eigenvalue weighted by Gasteiger charge is -2.36. The van der Waals surface area contributed by atoms with Crippen LogP contribution < -0.4 is 4.74 Å². The number of hydrogen-bond donors (Lipinski definition) is 1. The van der Waals surface area contributed by atoms with Crippen LogP contribution in [0.25, 0.3) is 21.9 Å². The molecule has 1 aromatic carbocycles. The first kappa shape index (κ1) is 25.2. The molecule has 0 amide bonds. The molecule has 2 aliphatic heterocycles. The number of benzene rings is 1. The van der Waals surface area contributed by atoms with Gasteiger partial charge in [-0.1, -0.05) is 0 Å². The second-order valence-corrected chi connectivity index (χ2v) is 12.4. The topological polar surface area (TPSA) is 91.4 Å². The van der Waals surface area contributed by atoms with Gasteiger partial charge in [0, 0.05) is 42.2 Å². The molecule has 2 saturated heterocycles. The Morgan fingerprint density at radius 2 is 1.84 bits per heavy atom. The van der Waals surface area contributed by atoms with Crippen molar-refractivity contribution in [3.63, 3.8) is 0 Å². The zero-order chi connectivity index (χ0) is 26.1. The summed E-state index contributed by atoms with van der Waals surface area (Å²) in [5.41, 5.74) is 3.02. The molecule has 1 atom stereocenters. The van der Waals surface area contributed by atoms with Crippen LogP contribution in [-0.4, -0.2) is 71.2 Å². The highest BCUT2D eigenvalue weighted by Gasteiger charge is 2.32. The normalized spacial score (nSPS) is 20.3. The molecule has 3 aromatic heterocycles. The standard InChI is InChI=1S/C28H32FN5O3S/c29-22-3-5-23(6-4-22)37-18-20-2-1-13-34(17-20)38(35,36)19-33-14-9-21(10-15-33)24-7-11-30-26-16-32-28-25(27(24)26)8-12-31-28/h3-8,11-12,16,20-21H,1-2,9-10,13-15,17-19H2,(H,31,32). The summed E-state index contributed by atoms with van der Waals surface area (Å²) in [6.45, 7) is 2.91. The number of fused-ring (bicyclic) bond motifs is 3. The van der Waals surface area contributed by atoms with Crippen molar-refractivity contribution in [2.75, 3.05) is 38.7 Å². The van der Waals surface area contributed by atoms with Gasteiger partial charge in [-0.2, -0.15) is 0 Å². The molecular formula is C28H32FN5O3S. The van der Waals surface area contributed by atoms with Gasteiger partial charge in [0.05, 0.1) is 18.3 Å². The second kappa shape index (κ2) is 10.6. The van der Waals surface area contributed by atoms with Crippen molar-refractivity contribution in [3.8, 4) is 5.75 Å². The first-order valence-electron chi connectivity index (χ1n) is 13.3. The van der Waals surface area contributed by atoms with Crippen LogP contribution >= 0.6 is 0 Å². The van der Waals surface area contributed by atoms with Crippen molar-refractivity contribution in [1.82, 2.24) is 24.2 Å². The number of halogens is 1. The van der Waals surface area contributed by atoms with E-state index >= 15 is 0 Å². The summed E-state index contributed by atoms with van der Waals surface area (Å²) in [4.78, 5) is 14.3. The van der Waals surface area contributed by atoms with Gasteiger partial charge in [-0.05, 0) is 86.7 Å². The fraction of sp³-hybridized carbons (Fsp3) is 0.429. The molecule has 0 radical (unpaired) electrons. The third kappa shape index (κ3) is 5.25. The van der Waals surface area contributed by atoms with Crippen molar-refractivity contribution < 1.29 is 17.5 Å². The number of aromatic amines is 1. The second-order valence-electron chi connectivity index (χ2n) is 10.4. The number of aromatic nitrogens is 3. The summed E-state index contributed by atoms with van der Waals surface area (Å²) in [7, 11) is -3.41. The molecule has 2 aliphatic rings. The quantitative estimate of drug-likeness (QED) is 0.373. The molecule has 38 heavy (non-hydrogen) atoms. The van der Waals surface area contributed by atoms with Crippen molar-refractivity contribution in [3.05, 3.63) is 66.4 Å². The van der Waals surface area contributed by atoms with Gasteiger partial charge in [-0.25, -0.2) is 22.1 Å². The molecule has 0 aliphatic carbocycles. The van der Waals surface area contributed by atoms with Gasteiger partial charge in [0.2, 0.25) is 10.0 Å². The molecule has 10 heteroatoms. The van der Waals surface area contributed by atoms with Gasteiger partial charge in [0.1, 0.15) is 23.1 Å². The molecule has 5 heterocycles. The number of sulfonamides is 1. The zero-order valence-electron chi connectivity index (χ0n) is 21.2. The summed E-state index contributed by atoms with van der Waals surface area (Å²) in [6.07, 6.45) is 9.10. The minimum atomic E-state index is -3.41. The van der Waals surface area contributed by atoms with Crippen molar-refractivity contribution >= 4 is 32.0 Å². The number of H-pyrrole nitrogens is 1. The third-order valence-corrected chi connectivity index (χ3v) is 9.68. The van der Waals surface area contributed by atoms with Crippen LogP contribution in [0.1, 0.15) is 37.2 Å². The van der Waals surface area contributed by atoms with E-state index in [9.17, 15) is 12.8 Å². The number of piperidine rings is 2. The fourth-order valence-corrected chi connectivity index (χ4v) is 7.59. The summed E-state index contributed by atoms with van der Waals surface area (Å²) < 4.78 is 47.2. The van der Waals surface area contributed by atoms with E-state index in [0.29, 0.717) is 31.4 Å².